The molecule has 0 amide bonds. The lowest BCUT2D eigenvalue weighted by atomic mass is 10.1. The Morgan fingerprint density at radius 1 is 1.29 bits per heavy atom. The van der Waals surface area contributed by atoms with Gasteiger partial charge in [-0.05, 0) is 25.1 Å². The maximum absolute atomic E-state index is 13.4. The predicted octanol–water partition coefficient (Wildman–Crippen LogP) is 1.10. The Labute approximate surface area is 81.6 Å². The van der Waals surface area contributed by atoms with E-state index in [-0.39, 0.29) is 5.82 Å². The van der Waals surface area contributed by atoms with Gasteiger partial charge in [0, 0.05) is 5.56 Å². The summed E-state index contributed by atoms with van der Waals surface area (Å²) in [5, 5.41) is 0. The van der Waals surface area contributed by atoms with Crippen molar-refractivity contribution in [1.82, 2.24) is 0 Å². The van der Waals surface area contributed by atoms with Crippen LogP contribution >= 0.6 is 0 Å². The van der Waals surface area contributed by atoms with Crippen molar-refractivity contribution in [3.8, 4) is 11.5 Å². The molecule has 14 heavy (non-hydrogen) atoms. The monoisotopic (exact) mass is 197 g/mol. The van der Waals surface area contributed by atoms with Crippen LogP contribution in [0.2, 0.25) is 0 Å². The average Bonchev–Trinajstić information content (AvgIpc) is 2.23. The minimum absolute atomic E-state index is 0.278. The van der Waals surface area contributed by atoms with Crippen LogP contribution in [0.25, 0.3) is 0 Å². The van der Waals surface area contributed by atoms with Gasteiger partial charge in [-0.2, -0.15) is 0 Å². The number of halogens is 1. The van der Waals surface area contributed by atoms with E-state index < -0.39 is 0 Å². The highest BCUT2D eigenvalue weighted by molar-refractivity contribution is 5.48. The molecule has 0 radical (unpaired) electrons. The van der Waals surface area contributed by atoms with Crippen LogP contribution in [-0.2, 0) is 6.42 Å². The van der Waals surface area contributed by atoms with Crippen LogP contribution < -0.4 is 15.2 Å². The highest BCUT2D eigenvalue weighted by Crippen LogP contribution is 2.35. The third-order valence-corrected chi connectivity index (χ3v) is 2.15. The quantitative estimate of drug-likeness (QED) is 0.772. The second kappa shape index (κ2) is 3.84. The first kappa shape index (κ1) is 9.27. The Morgan fingerprint density at radius 2 is 2.07 bits per heavy atom. The van der Waals surface area contributed by atoms with Gasteiger partial charge in [-0.3, -0.25) is 0 Å². The zero-order chi connectivity index (χ0) is 9.97. The van der Waals surface area contributed by atoms with Crippen molar-refractivity contribution in [2.75, 3.05) is 19.8 Å². The van der Waals surface area contributed by atoms with E-state index in [9.17, 15) is 4.39 Å². The van der Waals surface area contributed by atoms with Gasteiger partial charge in [0.25, 0.3) is 0 Å². The topological polar surface area (TPSA) is 44.5 Å². The van der Waals surface area contributed by atoms with E-state index in [2.05, 4.69) is 0 Å². The summed E-state index contributed by atoms with van der Waals surface area (Å²) in [4.78, 5) is 0. The van der Waals surface area contributed by atoms with Gasteiger partial charge in [0.15, 0.2) is 11.5 Å². The molecule has 76 valence electrons. The Hall–Kier alpha value is -1.29. The predicted molar refractivity (Wildman–Crippen MR) is 50.1 cm³/mol. The SMILES string of the molecule is NCCc1c(F)ccc2c1OCCO2. The molecule has 1 heterocycles. The smallest absolute Gasteiger partial charge is 0.167 e. The molecule has 1 aromatic carbocycles. The van der Waals surface area contributed by atoms with Gasteiger partial charge in [0.1, 0.15) is 19.0 Å². The first-order valence-electron chi connectivity index (χ1n) is 4.60. The molecule has 4 heteroatoms. The molecule has 2 rings (SSSR count). The lowest BCUT2D eigenvalue weighted by Crippen LogP contribution is -2.18. The van der Waals surface area contributed by atoms with Crippen LogP contribution in [-0.4, -0.2) is 19.8 Å². The van der Waals surface area contributed by atoms with Crippen LogP contribution in [0.1, 0.15) is 5.56 Å². The van der Waals surface area contributed by atoms with Crippen LogP contribution in [0.4, 0.5) is 4.39 Å². The average molecular weight is 197 g/mol. The summed E-state index contributed by atoms with van der Waals surface area (Å²) in [6.45, 7) is 1.38. The normalized spacial score (nSPS) is 14.1. The molecule has 1 aliphatic rings. The van der Waals surface area contributed by atoms with E-state index in [0.717, 1.165) is 0 Å². The molecule has 0 saturated carbocycles. The van der Waals surface area contributed by atoms with Gasteiger partial charge < -0.3 is 15.2 Å². The van der Waals surface area contributed by atoms with Crippen molar-refractivity contribution >= 4 is 0 Å². The van der Waals surface area contributed by atoms with Crippen LogP contribution in [0.5, 0.6) is 11.5 Å². The molecule has 0 bridgehead atoms. The summed E-state index contributed by atoms with van der Waals surface area (Å²) in [5.41, 5.74) is 5.92. The van der Waals surface area contributed by atoms with E-state index >= 15 is 0 Å². The van der Waals surface area contributed by atoms with E-state index in [1.165, 1.54) is 6.07 Å². The number of benzene rings is 1. The molecule has 0 fully saturated rings. The van der Waals surface area contributed by atoms with E-state index in [1.54, 1.807) is 6.07 Å². The molecule has 0 saturated heterocycles. The lowest BCUT2D eigenvalue weighted by molar-refractivity contribution is 0.169. The standard InChI is InChI=1S/C10H12FNO2/c11-8-1-2-9-10(7(8)3-4-12)14-6-5-13-9/h1-2H,3-6,12H2. The highest BCUT2D eigenvalue weighted by Gasteiger charge is 2.18. The van der Waals surface area contributed by atoms with Crippen LogP contribution in [0, 0.1) is 5.82 Å². The minimum atomic E-state index is -0.278. The Bertz CT molecular complexity index is 341. The number of rotatable bonds is 2. The third-order valence-electron chi connectivity index (χ3n) is 2.15. The molecule has 0 aliphatic carbocycles. The number of fused-ring (bicyclic) bond motifs is 1. The molecular formula is C10H12FNO2. The van der Waals surface area contributed by atoms with Crippen LogP contribution in [0.3, 0.4) is 0 Å². The summed E-state index contributed by atoms with van der Waals surface area (Å²) in [6, 6.07) is 2.97. The maximum Gasteiger partial charge on any atom is 0.167 e. The molecule has 0 aromatic heterocycles. The van der Waals surface area contributed by atoms with Crippen molar-refractivity contribution in [1.29, 1.82) is 0 Å². The number of hydrogen-bond donors (Lipinski definition) is 1. The Kier molecular flexibility index (Phi) is 2.54. The molecule has 3 nitrogen and oxygen atoms in total. The summed E-state index contributed by atoms with van der Waals surface area (Å²) in [6.07, 6.45) is 0.471. The van der Waals surface area contributed by atoms with Gasteiger partial charge in [-0.15, -0.1) is 0 Å². The second-order valence-electron chi connectivity index (χ2n) is 3.09. The molecule has 0 spiro atoms. The fourth-order valence-electron chi connectivity index (χ4n) is 1.53. The zero-order valence-corrected chi connectivity index (χ0v) is 7.75. The Morgan fingerprint density at radius 3 is 2.86 bits per heavy atom. The first-order chi connectivity index (χ1) is 6.83. The Balaban J connectivity index is 2.43. The van der Waals surface area contributed by atoms with Gasteiger partial charge >= 0.3 is 0 Å². The summed E-state index contributed by atoms with van der Waals surface area (Å²) >= 11 is 0. The minimum Gasteiger partial charge on any atom is -0.486 e. The van der Waals surface area contributed by atoms with Crippen molar-refractivity contribution < 1.29 is 13.9 Å². The first-order valence-corrected chi connectivity index (χ1v) is 4.60. The van der Waals surface area contributed by atoms with E-state index in [4.69, 9.17) is 15.2 Å². The fraction of sp³-hybridized carbons (Fsp3) is 0.400. The highest BCUT2D eigenvalue weighted by atomic mass is 19.1. The second-order valence-corrected chi connectivity index (χ2v) is 3.09. The molecule has 2 N–H and O–H groups in total. The van der Waals surface area contributed by atoms with Gasteiger partial charge in [0.05, 0.1) is 0 Å². The summed E-state index contributed by atoms with van der Waals surface area (Å²) < 4.78 is 24.1. The van der Waals surface area contributed by atoms with Gasteiger partial charge in [-0.25, -0.2) is 4.39 Å². The molecule has 0 unspecified atom stereocenters. The molecular weight excluding hydrogens is 185 g/mol. The van der Waals surface area contributed by atoms with Gasteiger partial charge in [-0.1, -0.05) is 0 Å². The van der Waals surface area contributed by atoms with E-state index in [0.29, 0.717) is 43.2 Å². The molecule has 0 atom stereocenters. The van der Waals surface area contributed by atoms with Crippen molar-refractivity contribution in [3.63, 3.8) is 0 Å². The van der Waals surface area contributed by atoms with Crippen LogP contribution in [0.15, 0.2) is 12.1 Å². The van der Waals surface area contributed by atoms with E-state index in [1.807, 2.05) is 0 Å². The molecule has 1 aliphatic heterocycles. The maximum atomic E-state index is 13.4. The summed E-state index contributed by atoms with van der Waals surface area (Å²) in [7, 11) is 0. The van der Waals surface area contributed by atoms with Gasteiger partial charge in [0.2, 0.25) is 0 Å². The lowest BCUT2D eigenvalue weighted by Gasteiger charge is -2.21. The fourth-order valence-corrected chi connectivity index (χ4v) is 1.53. The third kappa shape index (κ3) is 1.53. The van der Waals surface area contributed by atoms with Crippen molar-refractivity contribution in [2.24, 2.45) is 5.73 Å². The van der Waals surface area contributed by atoms with Crippen molar-refractivity contribution in [2.45, 2.75) is 6.42 Å². The largest absolute Gasteiger partial charge is 0.486 e. The zero-order valence-electron chi connectivity index (χ0n) is 7.75. The van der Waals surface area contributed by atoms with Crippen molar-refractivity contribution in [3.05, 3.63) is 23.5 Å². The summed E-state index contributed by atoms with van der Waals surface area (Å²) in [5.74, 6) is 0.850. The number of nitrogens with two attached hydrogens (primary N) is 1. The number of hydrogen-bond acceptors (Lipinski definition) is 3. The number of ether oxygens (including phenoxy) is 2. The molecule has 1 aromatic rings.